The van der Waals surface area contributed by atoms with Crippen LogP contribution in [0.4, 0.5) is 0 Å². The summed E-state index contributed by atoms with van der Waals surface area (Å²) in [6.45, 7) is 1.03. The summed E-state index contributed by atoms with van der Waals surface area (Å²) in [5.74, 6) is 3.07. The van der Waals surface area contributed by atoms with Crippen molar-refractivity contribution in [2.75, 3.05) is 6.54 Å². The summed E-state index contributed by atoms with van der Waals surface area (Å²) in [5, 5.41) is 6.27. The zero-order chi connectivity index (χ0) is 20.0. The number of carbonyl (C=O) groups is 2. The van der Waals surface area contributed by atoms with Gasteiger partial charge in [-0.1, -0.05) is 12.1 Å². The molecule has 0 aliphatic heterocycles. The van der Waals surface area contributed by atoms with Gasteiger partial charge in [0.1, 0.15) is 0 Å². The van der Waals surface area contributed by atoms with E-state index in [9.17, 15) is 9.59 Å². The summed E-state index contributed by atoms with van der Waals surface area (Å²) in [7, 11) is 0. The van der Waals surface area contributed by atoms with Crippen molar-refractivity contribution in [3.8, 4) is 0 Å². The Morgan fingerprint density at radius 2 is 1.59 bits per heavy atom. The molecule has 1 unspecified atom stereocenters. The molecule has 4 bridgehead atoms. The largest absolute Gasteiger partial charge is 0.352 e. The summed E-state index contributed by atoms with van der Waals surface area (Å²) in [5.41, 5.74) is 7.37. The minimum absolute atomic E-state index is 0.0588. The van der Waals surface area contributed by atoms with Gasteiger partial charge in [-0.3, -0.25) is 9.59 Å². The van der Waals surface area contributed by atoms with Crippen molar-refractivity contribution in [3.63, 3.8) is 0 Å². The van der Waals surface area contributed by atoms with E-state index in [1.165, 1.54) is 19.3 Å². The quantitative estimate of drug-likeness (QED) is 0.664. The molecule has 6 rings (SSSR count). The van der Waals surface area contributed by atoms with Crippen molar-refractivity contribution in [1.82, 2.24) is 10.6 Å². The van der Waals surface area contributed by atoms with Crippen LogP contribution in [0.1, 0.15) is 67.3 Å². The van der Waals surface area contributed by atoms with Crippen molar-refractivity contribution in [3.05, 3.63) is 35.4 Å². The van der Waals surface area contributed by atoms with Crippen molar-refractivity contribution in [2.45, 2.75) is 64.0 Å². The van der Waals surface area contributed by atoms with Gasteiger partial charge in [0.05, 0.1) is 0 Å². The Labute approximate surface area is 173 Å². The number of nitrogens with two attached hydrogens (primary N) is 1. The van der Waals surface area contributed by atoms with E-state index in [4.69, 9.17) is 5.73 Å². The smallest absolute Gasteiger partial charge is 0.251 e. The Kier molecular flexibility index (Phi) is 4.89. The summed E-state index contributed by atoms with van der Waals surface area (Å²) < 4.78 is 0. The maximum atomic E-state index is 13.1. The van der Waals surface area contributed by atoms with Gasteiger partial charge in [-0.15, -0.1) is 0 Å². The van der Waals surface area contributed by atoms with Gasteiger partial charge in [-0.2, -0.15) is 0 Å². The number of amides is 2. The van der Waals surface area contributed by atoms with E-state index in [1.807, 2.05) is 24.3 Å². The number of rotatable bonds is 7. The van der Waals surface area contributed by atoms with Crippen LogP contribution in [-0.4, -0.2) is 24.4 Å². The Morgan fingerprint density at radius 3 is 2.10 bits per heavy atom. The minimum Gasteiger partial charge on any atom is -0.352 e. The Balaban J connectivity index is 1.16. The SMILES string of the molecule is NCC(NC(=O)c1ccc(CNC(=O)C23CC4CC(CC(C4)C2)C3)cc1)C1CC1. The standard InChI is InChI=1S/C24H33N3O2/c25-13-21(19-5-6-19)27-22(28)20-3-1-15(2-4-20)14-26-23(29)24-10-16-7-17(11-24)9-18(8-16)12-24/h1-4,16-19,21H,5-14,25H2,(H,26,29)(H,27,28). The molecule has 5 aliphatic rings. The molecule has 0 heterocycles. The average molecular weight is 396 g/mol. The molecule has 5 nitrogen and oxygen atoms in total. The normalized spacial score (nSPS) is 33.3. The minimum atomic E-state index is -0.103. The topological polar surface area (TPSA) is 84.2 Å². The van der Waals surface area contributed by atoms with E-state index >= 15 is 0 Å². The summed E-state index contributed by atoms with van der Waals surface area (Å²) >= 11 is 0. The lowest BCUT2D eigenvalue weighted by Gasteiger charge is -2.55. The highest BCUT2D eigenvalue weighted by atomic mass is 16.2. The van der Waals surface area contributed by atoms with Crippen LogP contribution in [-0.2, 0) is 11.3 Å². The van der Waals surface area contributed by atoms with Gasteiger partial charge in [0.15, 0.2) is 0 Å². The molecule has 0 aromatic heterocycles. The molecule has 0 spiro atoms. The molecule has 29 heavy (non-hydrogen) atoms. The maximum absolute atomic E-state index is 13.1. The molecule has 0 saturated heterocycles. The van der Waals surface area contributed by atoms with Gasteiger partial charge in [-0.25, -0.2) is 0 Å². The van der Waals surface area contributed by atoms with Crippen LogP contribution in [0, 0.1) is 29.1 Å². The first-order valence-corrected chi connectivity index (χ1v) is 11.4. The first-order valence-electron chi connectivity index (χ1n) is 11.4. The van der Waals surface area contributed by atoms with Crippen LogP contribution < -0.4 is 16.4 Å². The van der Waals surface area contributed by atoms with E-state index in [0.717, 1.165) is 55.4 Å². The zero-order valence-electron chi connectivity index (χ0n) is 17.2. The second-order valence-electron chi connectivity index (χ2n) is 10.2. The summed E-state index contributed by atoms with van der Waals surface area (Å²) in [4.78, 5) is 25.5. The van der Waals surface area contributed by atoms with Crippen LogP contribution in [0.2, 0.25) is 0 Å². The van der Waals surface area contributed by atoms with Crippen LogP contribution in [0.15, 0.2) is 24.3 Å². The number of nitrogens with one attached hydrogen (secondary N) is 2. The van der Waals surface area contributed by atoms with Crippen molar-refractivity contribution < 1.29 is 9.59 Å². The van der Waals surface area contributed by atoms with Gasteiger partial charge in [0.25, 0.3) is 5.91 Å². The highest BCUT2D eigenvalue weighted by Crippen LogP contribution is 2.60. The third kappa shape index (κ3) is 3.81. The first-order chi connectivity index (χ1) is 14.0. The van der Waals surface area contributed by atoms with Gasteiger partial charge < -0.3 is 16.4 Å². The molecule has 5 saturated carbocycles. The number of benzene rings is 1. The van der Waals surface area contributed by atoms with Gasteiger partial charge >= 0.3 is 0 Å². The molecule has 0 radical (unpaired) electrons. The van der Waals surface area contributed by atoms with Crippen LogP contribution in [0.3, 0.4) is 0 Å². The van der Waals surface area contributed by atoms with Crippen LogP contribution in [0.25, 0.3) is 0 Å². The van der Waals surface area contributed by atoms with Crippen LogP contribution in [0.5, 0.6) is 0 Å². The number of hydrogen-bond donors (Lipinski definition) is 3. The monoisotopic (exact) mass is 395 g/mol. The number of hydrogen-bond acceptors (Lipinski definition) is 3. The average Bonchev–Trinajstić information content (AvgIpc) is 3.54. The third-order valence-electron chi connectivity index (χ3n) is 7.95. The predicted molar refractivity (Wildman–Crippen MR) is 112 cm³/mol. The fourth-order valence-electron chi connectivity index (χ4n) is 6.65. The Bertz CT molecular complexity index is 749. The second kappa shape index (κ2) is 7.42. The summed E-state index contributed by atoms with van der Waals surface area (Å²) in [6.07, 6.45) is 9.63. The highest BCUT2D eigenvalue weighted by Gasteiger charge is 2.54. The maximum Gasteiger partial charge on any atom is 0.251 e. The highest BCUT2D eigenvalue weighted by molar-refractivity contribution is 5.94. The first kappa shape index (κ1) is 19.1. The second-order valence-corrected chi connectivity index (χ2v) is 10.2. The molecule has 5 fully saturated rings. The lowest BCUT2D eigenvalue weighted by molar-refractivity contribution is -0.146. The fourth-order valence-corrected chi connectivity index (χ4v) is 6.65. The molecule has 5 aliphatic carbocycles. The summed E-state index contributed by atoms with van der Waals surface area (Å²) in [6, 6.07) is 7.68. The molecule has 1 aromatic carbocycles. The Hall–Kier alpha value is -1.88. The fraction of sp³-hybridized carbons (Fsp3) is 0.667. The zero-order valence-corrected chi connectivity index (χ0v) is 17.2. The van der Waals surface area contributed by atoms with E-state index in [0.29, 0.717) is 24.6 Å². The molecule has 2 amide bonds. The molecular weight excluding hydrogens is 362 g/mol. The van der Waals surface area contributed by atoms with E-state index in [1.54, 1.807) is 0 Å². The lowest BCUT2D eigenvalue weighted by Crippen LogP contribution is -2.53. The molecule has 4 N–H and O–H groups in total. The number of carbonyl (C=O) groups excluding carboxylic acids is 2. The van der Waals surface area contributed by atoms with Crippen molar-refractivity contribution >= 4 is 11.8 Å². The molecule has 1 aromatic rings. The Morgan fingerprint density at radius 1 is 1.00 bits per heavy atom. The molecular formula is C24H33N3O2. The van der Waals surface area contributed by atoms with E-state index in [-0.39, 0.29) is 23.3 Å². The van der Waals surface area contributed by atoms with Crippen molar-refractivity contribution in [2.24, 2.45) is 34.8 Å². The van der Waals surface area contributed by atoms with Crippen LogP contribution >= 0.6 is 0 Å². The van der Waals surface area contributed by atoms with E-state index in [2.05, 4.69) is 10.6 Å². The lowest BCUT2D eigenvalue weighted by atomic mass is 9.49. The van der Waals surface area contributed by atoms with Crippen molar-refractivity contribution in [1.29, 1.82) is 0 Å². The molecule has 1 atom stereocenters. The van der Waals surface area contributed by atoms with E-state index < -0.39 is 0 Å². The van der Waals surface area contributed by atoms with Gasteiger partial charge in [0, 0.05) is 30.1 Å². The predicted octanol–water partition coefficient (Wildman–Crippen LogP) is 2.99. The van der Waals surface area contributed by atoms with Gasteiger partial charge in [-0.05, 0) is 92.7 Å². The molecule has 156 valence electrons. The van der Waals surface area contributed by atoms with Gasteiger partial charge in [0.2, 0.25) is 5.91 Å². The third-order valence-corrected chi connectivity index (χ3v) is 7.95. The molecule has 5 heteroatoms.